The minimum absolute atomic E-state index is 0.650. The number of hydrogen-bond acceptors (Lipinski definition) is 2. The summed E-state index contributed by atoms with van der Waals surface area (Å²) in [5, 5.41) is 9.33. The molecule has 2 nitrogen and oxygen atoms in total. The lowest BCUT2D eigenvalue weighted by Crippen LogP contribution is -2.38. The van der Waals surface area contributed by atoms with Crippen molar-refractivity contribution in [2.75, 3.05) is 0 Å². The first kappa shape index (κ1) is 9.92. The average molecular weight is 145 g/mol. The van der Waals surface area contributed by atoms with Gasteiger partial charge in [0.1, 0.15) is 5.72 Å². The van der Waals surface area contributed by atoms with Gasteiger partial charge in [0, 0.05) is 0 Å². The average Bonchev–Trinajstić information content (AvgIpc) is 1.89. The Morgan fingerprint density at radius 3 is 2.30 bits per heavy atom. The van der Waals surface area contributed by atoms with Gasteiger partial charge in [0.2, 0.25) is 0 Å². The Kier molecular flexibility index (Phi) is 4.65. The Hall–Kier alpha value is -0.0800. The molecule has 0 saturated heterocycles. The summed E-state index contributed by atoms with van der Waals surface area (Å²) >= 11 is 0. The van der Waals surface area contributed by atoms with E-state index in [0.29, 0.717) is 6.42 Å². The SMILES string of the molecule is CCCCCC(N)(O)CC. The molecule has 0 aliphatic rings. The van der Waals surface area contributed by atoms with Crippen molar-refractivity contribution in [3.8, 4) is 0 Å². The van der Waals surface area contributed by atoms with Gasteiger partial charge in [-0.1, -0.05) is 26.7 Å². The van der Waals surface area contributed by atoms with E-state index in [2.05, 4.69) is 6.92 Å². The van der Waals surface area contributed by atoms with Gasteiger partial charge in [-0.25, -0.2) is 0 Å². The molecule has 0 bridgehead atoms. The third-order valence-corrected chi connectivity index (χ3v) is 1.83. The maximum Gasteiger partial charge on any atom is 0.113 e. The summed E-state index contributed by atoms with van der Waals surface area (Å²) in [6, 6.07) is 0. The first-order chi connectivity index (χ1) is 4.62. The molecule has 3 N–H and O–H groups in total. The predicted molar refractivity (Wildman–Crippen MR) is 43.6 cm³/mol. The van der Waals surface area contributed by atoms with Crippen molar-refractivity contribution in [2.24, 2.45) is 5.73 Å². The van der Waals surface area contributed by atoms with Crippen LogP contribution in [0.1, 0.15) is 46.0 Å². The zero-order valence-electron chi connectivity index (χ0n) is 7.06. The molecule has 0 aliphatic heterocycles. The van der Waals surface area contributed by atoms with E-state index < -0.39 is 5.72 Å². The Morgan fingerprint density at radius 1 is 1.30 bits per heavy atom. The van der Waals surface area contributed by atoms with Crippen LogP contribution in [0.15, 0.2) is 0 Å². The Labute approximate surface area is 63.4 Å². The molecule has 0 aromatic rings. The van der Waals surface area contributed by atoms with Crippen molar-refractivity contribution in [2.45, 2.75) is 51.7 Å². The molecule has 0 aromatic carbocycles. The van der Waals surface area contributed by atoms with E-state index in [1.54, 1.807) is 0 Å². The maximum absolute atomic E-state index is 9.33. The van der Waals surface area contributed by atoms with Gasteiger partial charge in [0.15, 0.2) is 0 Å². The van der Waals surface area contributed by atoms with E-state index in [-0.39, 0.29) is 0 Å². The monoisotopic (exact) mass is 145 g/mol. The highest BCUT2D eigenvalue weighted by atomic mass is 16.3. The zero-order valence-corrected chi connectivity index (χ0v) is 7.06. The van der Waals surface area contributed by atoms with Crippen molar-refractivity contribution in [3.63, 3.8) is 0 Å². The fourth-order valence-corrected chi connectivity index (χ4v) is 0.858. The first-order valence-electron chi connectivity index (χ1n) is 4.13. The molecule has 62 valence electrons. The van der Waals surface area contributed by atoms with E-state index in [9.17, 15) is 5.11 Å². The zero-order chi connectivity index (χ0) is 8.04. The Morgan fingerprint density at radius 2 is 1.90 bits per heavy atom. The van der Waals surface area contributed by atoms with E-state index in [1.807, 2.05) is 6.92 Å². The normalized spacial score (nSPS) is 16.8. The number of nitrogens with two attached hydrogens (primary N) is 1. The van der Waals surface area contributed by atoms with Gasteiger partial charge in [-0.15, -0.1) is 0 Å². The number of unbranched alkanes of at least 4 members (excludes halogenated alkanes) is 2. The first-order valence-corrected chi connectivity index (χ1v) is 4.13. The van der Waals surface area contributed by atoms with Gasteiger partial charge in [-0.2, -0.15) is 0 Å². The van der Waals surface area contributed by atoms with E-state index in [4.69, 9.17) is 5.73 Å². The number of rotatable bonds is 5. The minimum atomic E-state index is -0.908. The largest absolute Gasteiger partial charge is 0.376 e. The lowest BCUT2D eigenvalue weighted by Gasteiger charge is -2.20. The van der Waals surface area contributed by atoms with Crippen LogP contribution in [-0.2, 0) is 0 Å². The molecule has 1 atom stereocenters. The van der Waals surface area contributed by atoms with Crippen LogP contribution in [0.4, 0.5) is 0 Å². The van der Waals surface area contributed by atoms with Gasteiger partial charge in [-0.3, -0.25) is 0 Å². The molecule has 0 heterocycles. The molecular weight excluding hydrogens is 126 g/mol. The summed E-state index contributed by atoms with van der Waals surface area (Å²) in [4.78, 5) is 0. The van der Waals surface area contributed by atoms with Gasteiger partial charge in [0.05, 0.1) is 0 Å². The summed E-state index contributed by atoms with van der Waals surface area (Å²) in [6.45, 7) is 4.05. The molecule has 0 aromatic heterocycles. The molecule has 10 heavy (non-hydrogen) atoms. The summed E-state index contributed by atoms with van der Waals surface area (Å²) in [7, 11) is 0. The molecular formula is C8H19NO. The molecule has 0 aliphatic carbocycles. The molecule has 0 rings (SSSR count). The summed E-state index contributed by atoms with van der Waals surface area (Å²) < 4.78 is 0. The molecule has 0 fully saturated rings. The van der Waals surface area contributed by atoms with Crippen molar-refractivity contribution >= 4 is 0 Å². The standard InChI is InChI=1S/C8H19NO/c1-3-5-6-7-8(9,10)4-2/h10H,3-7,9H2,1-2H3. The van der Waals surface area contributed by atoms with Crippen LogP contribution in [-0.4, -0.2) is 10.8 Å². The maximum atomic E-state index is 9.33. The van der Waals surface area contributed by atoms with Gasteiger partial charge < -0.3 is 10.8 Å². The van der Waals surface area contributed by atoms with Crippen LogP contribution < -0.4 is 5.73 Å². The third-order valence-electron chi connectivity index (χ3n) is 1.83. The van der Waals surface area contributed by atoms with Gasteiger partial charge in [0.25, 0.3) is 0 Å². The molecule has 0 amide bonds. The van der Waals surface area contributed by atoms with Crippen molar-refractivity contribution in [1.29, 1.82) is 0 Å². The molecule has 2 heteroatoms. The van der Waals surface area contributed by atoms with Gasteiger partial charge in [-0.05, 0) is 19.3 Å². The molecule has 0 spiro atoms. The van der Waals surface area contributed by atoms with E-state index >= 15 is 0 Å². The second kappa shape index (κ2) is 4.69. The van der Waals surface area contributed by atoms with Crippen LogP contribution in [0.3, 0.4) is 0 Å². The summed E-state index contributed by atoms with van der Waals surface area (Å²) in [5.41, 5.74) is 4.60. The smallest absolute Gasteiger partial charge is 0.113 e. The van der Waals surface area contributed by atoms with E-state index in [0.717, 1.165) is 12.8 Å². The van der Waals surface area contributed by atoms with Crippen molar-refractivity contribution in [1.82, 2.24) is 0 Å². The van der Waals surface area contributed by atoms with Crippen LogP contribution in [0, 0.1) is 0 Å². The fourth-order valence-electron chi connectivity index (χ4n) is 0.858. The van der Waals surface area contributed by atoms with Crippen LogP contribution in [0.2, 0.25) is 0 Å². The third kappa shape index (κ3) is 4.77. The number of hydrogen-bond donors (Lipinski definition) is 2. The second-order valence-electron chi connectivity index (χ2n) is 2.91. The summed E-state index contributed by atoms with van der Waals surface area (Å²) in [5.74, 6) is 0. The fraction of sp³-hybridized carbons (Fsp3) is 1.00. The summed E-state index contributed by atoms with van der Waals surface area (Å²) in [6.07, 6.45) is 4.77. The molecule has 1 unspecified atom stereocenters. The van der Waals surface area contributed by atoms with Crippen molar-refractivity contribution in [3.05, 3.63) is 0 Å². The lowest BCUT2D eigenvalue weighted by atomic mass is 10.0. The highest BCUT2D eigenvalue weighted by Gasteiger charge is 2.16. The lowest BCUT2D eigenvalue weighted by molar-refractivity contribution is 0.0316. The number of aliphatic hydroxyl groups is 1. The van der Waals surface area contributed by atoms with Crippen LogP contribution >= 0.6 is 0 Å². The predicted octanol–water partition coefficient (Wildman–Crippen LogP) is 1.62. The Balaban J connectivity index is 3.28. The quantitative estimate of drug-likeness (QED) is 0.456. The highest BCUT2D eigenvalue weighted by molar-refractivity contribution is 4.67. The van der Waals surface area contributed by atoms with Crippen LogP contribution in [0.5, 0.6) is 0 Å². The van der Waals surface area contributed by atoms with Crippen LogP contribution in [0.25, 0.3) is 0 Å². The van der Waals surface area contributed by atoms with Gasteiger partial charge >= 0.3 is 0 Å². The van der Waals surface area contributed by atoms with Crippen molar-refractivity contribution < 1.29 is 5.11 Å². The Bertz CT molecular complexity index is 81.3. The molecule has 0 radical (unpaired) electrons. The molecule has 0 saturated carbocycles. The topological polar surface area (TPSA) is 46.2 Å². The van der Waals surface area contributed by atoms with E-state index in [1.165, 1.54) is 12.8 Å². The minimum Gasteiger partial charge on any atom is -0.376 e. The highest BCUT2D eigenvalue weighted by Crippen LogP contribution is 2.11. The second-order valence-corrected chi connectivity index (χ2v) is 2.91.